The molecule has 21 heavy (non-hydrogen) atoms. The Morgan fingerprint density at radius 3 is 2.86 bits per heavy atom. The molecule has 0 unspecified atom stereocenters. The highest BCUT2D eigenvalue weighted by atomic mass is 35.5. The normalized spacial score (nSPS) is 11.2. The summed E-state index contributed by atoms with van der Waals surface area (Å²) in [5.41, 5.74) is 3.91. The molecule has 0 amide bonds. The van der Waals surface area contributed by atoms with Crippen LogP contribution in [0.1, 0.15) is 17.0 Å². The van der Waals surface area contributed by atoms with Crippen molar-refractivity contribution in [3.05, 3.63) is 53.2 Å². The highest BCUT2D eigenvalue weighted by Crippen LogP contribution is 2.24. The maximum Gasteiger partial charge on any atom is 0.164 e. The number of imidazole rings is 1. The zero-order valence-corrected chi connectivity index (χ0v) is 12.7. The summed E-state index contributed by atoms with van der Waals surface area (Å²) in [7, 11) is 0. The standard InChI is InChI=1S/C16H15ClFN3/c1-10-8-13-16(19-9-10)21(15(20-13)6-7-17)14-5-3-4-12(18)11(14)2/h3-5,8-9H,6-7H2,1-2H3. The zero-order valence-electron chi connectivity index (χ0n) is 11.9. The molecule has 5 heteroatoms. The smallest absolute Gasteiger partial charge is 0.164 e. The minimum absolute atomic E-state index is 0.238. The molecule has 0 N–H and O–H groups in total. The van der Waals surface area contributed by atoms with Gasteiger partial charge in [-0.05, 0) is 37.6 Å². The van der Waals surface area contributed by atoms with Crippen LogP contribution in [0.15, 0.2) is 30.5 Å². The maximum atomic E-state index is 13.9. The number of aromatic nitrogens is 3. The fourth-order valence-corrected chi connectivity index (χ4v) is 2.63. The van der Waals surface area contributed by atoms with E-state index in [0.717, 1.165) is 28.2 Å². The Balaban J connectivity index is 2.33. The molecule has 0 saturated carbocycles. The predicted octanol–water partition coefficient (Wildman–Crippen LogP) is 3.96. The number of hydrogen-bond acceptors (Lipinski definition) is 2. The fourth-order valence-electron chi connectivity index (χ4n) is 2.46. The summed E-state index contributed by atoms with van der Waals surface area (Å²) in [6.45, 7) is 3.73. The monoisotopic (exact) mass is 303 g/mol. The molecule has 3 nitrogen and oxygen atoms in total. The molecule has 0 radical (unpaired) electrons. The second kappa shape index (κ2) is 5.45. The van der Waals surface area contributed by atoms with Crippen molar-refractivity contribution in [1.82, 2.24) is 14.5 Å². The van der Waals surface area contributed by atoms with E-state index < -0.39 is 0 Å². The van der Waals surface area contributed by atoms with Crippen LogP contribution < -0.4 is 0 Å². The lowest BCUT2D eigenvalue weighted by atomic mass is 10.2. The van der Waals surface area contributed by atoms with Crippen LogP contribution in [0.5, 0.6) is 0 Å². The van der Waals surface area contributed by atoms with Crippen molar-refractivity contribution in [3.63, 3.8) is 0 Å². The van der Waals surface area contributed by atoms with Crippen molar-refractivity contribution in [2.45, 2.75) is 20.3 Å². The van der Waals surface area contributed by atoms with Crippen LogP contribution in [0.2, 0.25) is 0 Å². The lowest BCUT2D eigenvalue weighted by Gasteiger charge is -2.11. The Kier molecular flexibility index (Phi) is 3.64. The Hall–Kier alpha value is -1.94. The molecule has 0 saturated heterocycles. The van der Waals surface area contributed by atoms with Gasteiger partial charge in [-0.15, -0.1) is 11.6 Å². The van der Waals surface area contributed by atoms with Crippen molar-refractivity contribution in [1.29, 1.82) is 0 Å². The molecule has 0 bridgehead atoms. The zero-order chi connectivity index (χ0) is 15.0. The van der Waals surface area contributed by atoms with Crippen molar-refractivity contribution < 1.29 is 4.39 Å². The first-order valence-corrected chi connectivity index (χ1v) is 7.30. The Bertz CT molecular complexity index is 811. The van der Waals surface area contributed by atoms with Gasteiger partial charge in [-0.1, -0.05) is 6.07 Å². The number of fused-ring (bicyclic) bond motifs is 1. The van der Waals surface area contributed by atoms with E-state index in [2.05, 4.69) is 9.97 Å². The number of benzene rings is 1. The molecule has 0 fully saturated rings. The molecule has 2 heterocycles. The van der Waals surface area contributed by atoms with Gasteiger partial charge in [-0.2, -0.15) is 0 Å². The van der Waals surface area contributed by atoms with Crippen LogP contribution in [0.3, 0.4) is 0 Å². The van der Waals surface area contributed by atoms with Crippen LogP contribution >= 0.6 is 11.6 Å². The van der Waals surface area contributed by atoms with Gasteiger partial charge in [0.25, 0.3) is 0 Å². The van der Waals surface area contributed by atoms with Gasteiger partial charge in [0.05, 0.1) is 5.69 Å². The first kappa shape index (κ1) is 14.0. The number of hydrogen-bond donors (Lipinski definition) is 0. The van der Waals surface area contributed by atoms with E-state index in [4.69, 9.17) is 11.6 Å². The minimum Gasteiger partial charge on any atom is -0.280 e. The first-order chi connectivity index (χ1) is 10.1. The first-order valence-electron chi connectivity index (χ1n) is 6.77. The molecule has 0 atom stereocenters. The van der Waals surface area contributed by atoms with Crippen molar-refractivity contribution >= 4 is 22.8 Å². The van der Waals surface area contributed by atoms with Crippen molar-refractivity contribution in [2.75, 3.05) is 5.88 Å². The molecule has 0 aliphatic heterocycles. The fraction of sp³-hybridized carbons (Fsp3) is 0.250. The lowest BCUT2D eigenvalue weighted by Crippen LogP contribution is -2.05. The summed E-state index contributed by atoms with van der Waals surface area (Å²) in [5, 5.41) is 0. The molecule has 3 rings (SSSR count). The number of alkyl halides is 1. The molecular formula is C16H15ClFN3. The van der Waals surface area contributed by atoms with Crippen molar-refractivity contribution in [2.24, 2.45) is 0 Å². The average molecular weight is 304 g/mol. The van der Waals surface area contributed by atoms with Gasteiger partial charge in [0.1, 0.15) is 17.2 Å². The van der Waals surface area contributed by atoms with Gasteiger partial charge in [0.2, 0.25) is 0 Å². The Morgan fingerprint density at radius 2 is 2.10 bits per heavy atom. The van der Waals surface area contributed by atoms with E-state index in [-0.39, 0.29) is 5.82 Å². The molecule has 3 aromatic rings. The molecule has 0 spiro atoms. The van der Waals surface area contributed by atoms with E-state index in [9.17, 15) is 4.39 Å². The van der Waals surface area contributed by atoms with Crippen LogP contribution in [0.4, 0.5) is 4.39 Å². The van der Waals surface area contributed by atoms with E-state index >= 15 is 0 Å². The molecule has 2 aromatic heterocycles. The number of rotatable bonds is 3. The second-order valence-electron chi connectivity index (χ2n) is 5.04. The number of pyridine rings is 1. The quantitative estimate of drug-likeness (QED) is 0.686. The Morgan fingerprint density at radius 1 is 1.29 bits per heavy atom. The highest BCUT2D eigenvalue weighted by Gasteiger charge is 2.16. The van der Waals surface area contributed by atoms with Gasteiger partial charge in [0.15, 0.2) is 5.65 Å². The summed E-state index contributed by atoms with van der Waals surface area (Å²) in [6, 6.07) is 7.00. The maximum absolute atomic E-state index is 13.9. The summed E-state index contributed by atoms with van der Waals surface area (Å²) >= 11 is 5.88. The van der Waals surface area contributed by atoms with Gasteiger partial charge in [-0.3, -0.25) is 4.57 Å². The van der Waals surface area contributed by atoms with E-state index in [1.165, 1.54) is 6.07 Å². The Labute approximate surface area is 127 Å². The van der Waals surface area contributed by atoms with Crippen LogP contribution in [-0.4, -0.2) is 20.4 Å². The van der Waals surface area contributed by atoms with Gasteiger partial charge in [-0.25, -0.2) is 14.4 Å². The number of nitrogens with zero attached hydrogens (tertiary/aromatic N) is 3. The van der Waals surface area contributed by atoms with Gasteiger partial charge >= 0.3 is 0 Å². The summed E-state index contributed by atoms with van der Waals surface area (Å²) in [5.74, 6) is 1.02. The average Bonchev–Trinajstić information content (AvgIpc) is 2.79. The molecule has 0 aliphatic carbocycles. The van der Waals surface area contributed by atoms with E-state index in [1.54, 1.807) is 19.2 Å². The van der Waals surface area contributed by atoms with Gasteiger partial charge in [0, 0.05) is 24.1 Å². The third-order valence-corrected chi connectivity index (χ3v) is 3.69. The number of aryl methyl sites for hydroxylation is 2. The van der Waals surface area contributed by atoms with E-state index in [1.807, 2.05) is 23.6 Å². The minimum atomic E-state index is -0.238. The molecule has 108 valence electrons. The lowest BCUT2D eigenvalue weighted by molar-refractivity contribution is 0.616. The van der Waals surface area contributed by atoms with Crippen molar-refractivity contribution in [3.8, 4) is 5.69 Å². The summed E-state index contributed by atoms with van der Waals surface area (Å²) in [4.78, 5) is 9.07. The third kappa shape index (κ3) is 2.40. The van der Waals surface area contributed by atoms with Gasteiger partial charge < -0.3 is 0 Å². The summed E-state index contributed by atoms with van der Waals surface area (Å²) < 4.78 is 15.8. The number of halogens is 2. The third-order valence-electron chi connectivity index (χ3n) is 3.50. The molecule has 0 aliphatic rings. The largest absolute Gasteiger partial charge is 0.280 e. The predicted molar refractivity (Wildman–Crippen MR) is 82.7 cm³/mol. The molecule has 1 aromatic carbocycles. The molecular weight excluding hydrogens is 289 g/mol. The van der Waals surface area contributed by atoms with Crippen LogP contribution in [0, 0.1) is 19.7 Å². The summed E-state index contributed by atoms with van der Waals surface area (Å²) in [6.07, 6.45) is 2.40. The van der Waals surface area contributed by atoms with Crippen LogP contribution in [0.25, 0.3) is 16.9 Å². The van der Waals surface area contributed by atoms with Crippen LogP contribution in [-0.2, 0) is 6.42 Å². The second-order valence-corrected chi connectivity index (χ2v) is 5.42. The highest BCUT2D eigenvalue weighted by molar-refractivity contribution is 6.17. The topological polar surface area (TPSA) is 30.7 Å². The van der Waals surface area contributed by atoms with E-state index in [0.29, 0.717) is 17.9 Å². The SMILES string of the molecule is Cc1cnc2c(c1)nc(CCCl)n2-c1cccc(F)c1C.